The zero-order valence-electron chi connectivity index (χ0n) is 10.1. The lowest BCUT2D eigenvalue weighted by molar-refractivity contribution is 0.309. The summed E-state index contributed by atoms with van der Waals surface area (Å²) in [5.74, 6) is 0. The van der Waals surface area contributed by atoms with Gasteiger partial charge in [-0.05, 0) is 24.9 Å². The van der Waals surface area contributed by atoms with E-state index in [4.69, 9.17) is 0 Å². The highest BCUT2D eigenvalue weighted by Gasteiger charge is 2.14. The molecule has 0 aromatic heterocycles. The lowest BCUT2D eigenvalue weighted by Crippen LogP contribution is -2.12. The van der Waals surface area contributed by atoms with Gasteiger partial charge in [0.15, 0.2) is 0 Å². The van der Waals surface area contributed by atoms with Crippen molar-refractivity contribution < 1.29 is 8.85 Å². The summed E-state index contributed by atoms with van der Waals surface area (Å²) in [4.78, 5) is 0. The minimum absolute atomic E-state index is 0.568. The van der Waals surface area contributed by atoms with E-state index in [2.05, 4.69) is 44.5 Å². The Morgan fingerprint density at radius 3 is 2.31 bits per heavy atom. The molecule has 0 bridgehead atoms. The van der Waals surface area contributed by atoms with Crippen LogP contribution < -0.4 is 5.32 Å². The molecular weight excluding hydrogens is 218 g/mol. The van der Waals surface area contributed by atoms with Crippen LogP contribution in [-0.2, 0) is 8.85 Å². The van der Waals surface area contributed by atoms with Crippen LogP contribution in [0.4, 0.5) is 0 Å². The Hall–Kier alpha value is -0.683. The van der Waals surface area contributed by atoms with Crippen molar-refractivity contribution in [1.29, 1.82) is 0 Å². The molecular formula is C12H21NO2Si. The average Bonchev–Trinajstić information content (AvgIpc) is 2.86. The van der Waals surface area contributed by atoms with E-state index in [1.54, 1.807) is 14.2 Å². The molecule has 2 rings (SSSR count). The van der Waals surface area contributed by atoms with Crippen LogP contribution in [0.1, 0.15) is 24.4 Å². The van der Waals surface area contributed by atoms with Crippen molar-refractivity contribution >= 4 is 10.0 Å². The number of hydrogen-bond acceptors (Lipinski definition) is 3. The molecule has 0 amide bonds. The van der Waals surface area contributed by atoms with Crippen molar-refractivity contribution in [2.75, 3.05) is 20.8 Å². The lowest BCUT2D eigenvalue weighted by Gasteiger charge is -2.08. The number of hydrogen-bond donors (Lipinski definition) is 1. The van der Waals surface area contributed by atoms with Crippen molar-refractivity contribution in [1.82, 2.24) is 5.32 Å². The molecule has 1 atom stereocenters. The van der Waals surface area contributed by atoms with Gasteiger partial charge < -0.3 is 14.2 Å². The maximum absolute atomic E-state index is 4.61. The van der Waals surface area contributed by atoms with E-state index in [-0.39, 0.29) is 0 Å². The minimum atomic E-state index is -0.568. The van der Waals surface area contributed by atoms with Crippen molar-refractivity contribution in [3.8, 4) is 0 Å². The second-order valence-electron chi connectivity index (χ2n) is 3.75. The fraction of sp³-hybridized carbons (Fsp3) is 0.500. The Labute approximate surface area is 100 Å². The highest BCUT2D eigenvalue weighted by Crippen LogP contribution is 2.21. The predicted octanol–water partition coefficient (Wildman–Crippen LogP) is 1.39. The molecule has 1 fully saturated rings. The minimum Gasteiger partial charge on any atom is -0.402 e. The van der Waals surface area contributed by atoms with Gasteiger partial charge in [0.25, 0.3) is 0 Å². The zero-order chi connectivity index (χ0) is 11.6. The van der Waals surface area contributed by atoms with Crippen molar-refractivity contribution in [3.05, 3.63) is 35.9 Å². The average molecular weight is 239 g/mol. The van der Waals surface area contributed by atoms with E-state index in [0.717, 1.165) is 0 Å². The summed E-state index contributed by atoms with van der Waals surface area (Å²) in [6.07, 6.45) is 2.61. The Balaban J connectivity index is 0.000000221. The molecule has 0 saturated carbocycles. The second-order valence-corrected chi connectivity index (χ2v) is 5.15. The quantitative estimate of drug-likeness (QED) is 0.809. The number of benzene rings is 1. The molecule has 1 heterocycles. The second kappa shape index (κ2) is 8.47. The van der Waals surface area contributed by atoms with Crippen LogP contribution in [-0.4, -0.2) is 30.8 Å². The largest absolute Gasteiger partial charge is 0.402 e. The van der Waals surface area contributed by atoms with Crippen LogP contribution in [0, 0.1) is 0 Å². The normalized spacial score (nSPS) is 19.0. The molecule has 1 N–H and O–H groups in total. The van der Waals surface area contributed by atoms with Gasteiger partial charge in [-0.25, -0.2) is 0 Å². The van der Waals surface area contributed by atoms with Crippen molar-refractivity contribution in [2.24, 2.45) is 0 Å². The van der Waals surface area contributed by atoms with Gasteiger partial charge in [-0.1, -0.05) is 30.3 Å². The third kappa shape index (κ3) is 4.89. The summed E-state index contributed by atoms with van der Waals surface area (Å²) in [5, 5.41) is 3.47. The van der Waals surface area contributed by atoms with Gasteiger partial charge >= 0.3 is 10.0 Å². The Morgan fingerprint density at radius 2 is 1.88 bits per heavy atom. The zero-order valence-corrected chi connectivity index (χ0v) is 11.5. The van der Waals surface area contributed by atoms with Gasteiger partial charge in [-0.15, -0.1) is 0 Å². The first-order chi connectivity index (χ1) is 7.88. The third-order valence-electron chi connectivity index (χ3n) is 2.50. The van der Waals surface area contributed by atoms with Crippen molar-refractivity contribution in [3.63, 3.8) is 0 Å². The Bertz CT molecular complexity index is 261. The molecule has 1 aliphatic rings. The summed E-state index contributed by atoms with van der Waals surface area (Å²) in [5.41, 5.74) is 1.44. The first-order valence-electron chi connectivity index (χ1n) is 5.64. The molecule has 1 aliphatic heterocycles. The fourth-order valence-electron chi connectivity index (χ4n) is 1.77. The van der Waals surface area contributed by atoms with Gasteiger partial charge in [0.05, 0.1) is 0 Å². The molecule has 0 aliphatic carbocycles. The summed E-state index contributed by atoms with van der Waals surface area (Å²) >= 11 is 0. The van der Waals surface area contributed by atoms with E-state index in [1.807, 2.05) is 0 Å². The Morgan fingerprint density at radius 1 is 1.19 bits per heavy atom. The van der Waals surface area contributed by atoms with Crippen LogP contribution >= 0.6 is 0 Å². The molecule has 1 saturated heterocycles. The van der Waals surface area contributed by atoms with Gasteiger partial charge in [0.1, 0.15) is 0 Å². The van der Waals surface area contributed by atoms with E-state index in [1.165, 1.54) is 24.9 Å². The molecule has 90 valence electrons. The van der Waals surface area contributed by atoms with E-state index >= 15 is 0 Å². The van der Waals surface area contributed by atoms with Crippen LogP contribution in [0.25, 0.3) is 0 Å². The third-order valence-corrected chi connectivity index (χ3v) is 2.97. The maximum atomic E-state index is 4.61. The SMILES string of the molecule is CO[SiH2]OC.c1ccc(C2CCCN2)cc1. The van der Waals surface area contributed by atoms with Gasteiger partial charge in [-0.3, -0.25) is 0 Å². The molecule has 4 heteroatoms. The van der Waals surface area contributed by atoms with E-state index < -0.39 is 10.0 Å². The predicted molar refractivity (Wildman–Crippen MR) is 69.0 cm³/mol. The smallest absolute Gasteiger partial charge is 0.303 e. The van der Waals surface area contributed by atoms with Crippen LogP contribution in [0.2, 0.25) is 0 Å². The standard InChI is InChI=1S/C10H13N.C2H8O2Si/c1-2-5-9(6-3-1)10-7-4-8-11-10;1-3-5-4-2/h1-3,5-6,10-11H,4,7-8H2;5H2,1-2H3. The highest BCUT2D eigenvalue weighted by molar-refractivity contribution is 6.17. The lowest BCUT2D eigenvalue weighted by atomic mass is 10.1. The van der Waals surface area contributed by atoms with Gasteiger partial charge in [0, 0.05) is 20.3 Å². The van der Waals surface area contributed by atoms with Crippen LogP contribution in [0.15, 0.2) is 30.3 Å². The summed E-state index contributed by atoms with van der Waals surface area (Å²) in [6.45, 7) is 1.18. The van der Waals surface area contributed by atoms with E-state index in [0.29, 0.717) is 6.04 Å². The van der Waals surface area contributed by atoms with Crippen LogP contribution in [0.3, 0.4) is 0 Å². The topological polar surface area (TPSA) is 30.5 Å². The Kier molecular flexibility index (Phi) is 7.08. The number of nitrogens with one attached hydrogen (secondary N) is 1. The monoisotopic (exact) mass is 239 g/mol. The summed E-state index contributed by atoms with van der Waals surface area (Å²) < 4.78 is 9.22. The highest BCUT2D eigenvalue weighted by atomic mass is 28.3. The van der Waals surface area contributed by atoms with E-state index in [9.17, 15) is 0 Å². The summed E-state index contributed by atoms with van der Waals surface area (Å²) in [7, 11) is 2.73. The molecule has 16 heavy (non-hydrogen) atoms. The summed E-state index contributed by atoms with van der Waals surface area (Å²) in [6, 6.07) is 11.3. The molecule has 3 nitrogen and oxygen atoms in total. The molecule has 1 aromatic rings. The maximum Gasteiger partial charge on any atom is 0.303 e. The number of rotatable bonds is 3. The molecule has 1 unspecified atom stereocenters. The fourth-order valence-corrected chi connectivity index (χ4v) is 2.01. The molecule has 0 spiro atoms. The van der Waals surface area contributed by atoms with Gasteiger partial charge in [0.2, 0.25) is 0 Å². The molecule has 1 aromatic carbocycles. The van der Waals surface area contributed by atoms with Crippen molar-refractivity contribution in [2.45, 2.75) is 18.9 Å². The first kappa shape index (κ1) is 13.4. The molecule has 0 radical (unpaired) electrons. The van der Waals surface area contributed by atoms with Crippen LogP contribution in [0.5, 0.6) is 0 Å². The first-order valence-corrected chi connectivity index (χ1v) is 6.80. The van der Waals surface area contributed by atoms with Gasteiger partial charge in [-0.2, -0.15) is 0 Å².